The molecule has 1 aromatic heterocycles. The fourth-order valence-electron chi connectivity index (χ4n) is 1.63. The average Bonchev–Trinajstić information content (AvgIpc) is 2.41. The molecule has 1 aliphatic rings. The van der Waals surface area contributed by atoms with Gasteiger partial charge in [-0.15, -0.1) is 0 Å². The number of alkyl halides is 3. The first-order valence-electron chi connectivity index (χ1n) is 4.81. The van der Waals surface area contributed by atoms with Crippen molar-refractivity contribution in [1.82, 2.24) is 15.3 Å². The molecule has 0 atom stereocenters. The van der Waals surface area contributed by atoms with E-state index in [0.29, 0.717) is 37.2 Å². The first-order chi connectivity index (χ1) is 7.48. The Bertz CT molecular complexity index is 406. The normalized spacial score (nSPS) is 16.8. The summed E-state index contributed by atoms with van der Waals surface area (Å²) < 4.78 is 37.3. The minimum Gasteiger partial charge on any atom is -0.316 e. The van der Waals surface area contributed by atoms with E-state index in [1.165, 1.54) is 0 Å². The Balaban J connectivity index is 2.48. The molecule has 7 heteroatoms. The van der Waals surface area contributed by atoms with Gasteiger partial charge in [0, 0.05) is 18.5 Å². The fraction of sp³-hybridized carbons (Fsp3) is 0.556. The number of rotatable bonds is 0. The molecule has 0 unspecified atom stereocenters. The minimum absolute atomic E-state index is 0.0824. The summed E-state index contributed by atoms with van der Waals surface area (Å²) in [4.78, 5) is 6.85. The molecule has 3 nitrogen and oxygen atoms in total. The zero-order chi connectivity index (χ0) is 11.8. The van der Waals surface area contributed by atoms with E-state index in [2.05, 4.69) is 15.3 Å². The van der Waals surface area contributed by atoms with Crippen LogP contribution < -0.4 is 5.32 Å². The predicted octanol–water partition coefficient (Wildman–Crippen LogP) is 1.84. The predicted molar refractivity (Wildman–Crippen MR) is 52.3 cm³/mol. The van der Waals surface area contributed by atoms with E-state index in [-0.39, 0.29) is 5.15 Å². The van der Waals surface area contributed by atoms with Crippen molar-refractivity contribution in [2.45, 2.75) is 19.0 Å². The molecule has 16 heavy (non-hydrogen) atoms. The number of halogens is 4. The lowest BCUT2D eigenvalue weighted by molar-refractivity contribution is -0.145. The second-order valence-corrected chi connectivity index (χ2v) is 3.87. The quantitative estimate of drug-likeness (QED) is 0.715. The molecule has 1 aromatic rings. The second kappa shape index (κ2) is 4.18. The summed E-state index contributed by atoms with van der Waals surface area (Å²) in [6, 6.07) is 0. The summed E-state index contributed by atoms with van der Waals surface area (Å²) in [5, 5.41) is 2.99. The van der Waals surface area contributed by atoms with Crippen LogP contribution >= 0.6 is 11.6 Å². The number of hydrogen-bond donors (Lipinski definition) is 1. The molecular formula is C9H9ClF3N3. The van der Waals surface area contributed by atoms with Crippen LogP contribution in [0.5, 0.6) is 0 Å². The number of fused-ring (bicyclic) bond motifs is 1. The highest BCUT2D eigenvalue weighted by atomic mass is 35.5. The van der Waals surface area contributed by atoms with Gasteiger partial charge in [0.1, 0.15) is 5.15 Å². The number of nitrogens with one attached hydrogen (secondary N) is 1. The van der Waals surface area contributed by atoms with Crippen molar-refractivity contribution in [3.63, 3.8) is 0 Å². The highest BCUT2D eigenvalue weighted by Gasteiger charge is 2.36. The van der Waals surface area contributed by atoms with Gasteiger partial charge in [-0.1, -0.05) is 11.6 Å². The molecule has 1 aliphatic heterocycles. The largest absolute Gasteiger partial charge is 0.451 e. The summed E-state index contributed by atoms with van der Waals surface area (Å²) in [6.45, 7) is 1.29. The van der Waals surface area contributed by atoms with E-state index in [1.807, 2.05) is 0 Å². The molecule has 88 valence electrons. The van der Waals surface area contributed by atoms with Crippen LogP contribution in [-0.4, -0.2) is 23.1 Å². The smallest absolute Gasteiger partial charge is 0.316 e. The van der Waals surface area contributed by atoms with Crippen molar-refractivity contribution in [2.75, 3.05) is 13.1 Å². The van der Waals surface area contributed by atoms with Crippen molar-refractivity contribution in [1.29, 1.82) is 0 Å². The van der Waals surface area contributed by atoms with E-state index >= 15 is 0 Å². The summed E-state index contributed by atoms with van der Waals surface area (Å²) in [7, 11) is 0. The van der Waals surface area contributed by atoms with Crippen LogP contribution in [0.4, 0.5) is 13.2 Å². The molecule has 0 saturated carbocycles. The van der Waals surface area contributed by atoms with E-state index in [1.54, 1.807) is 0 Å². The van der Waals surface area contributed by atoms with Crippen LogP contribution in [0, 0.1) is 0 Å². The van der Waals surface area contributed by atoms with Crippen molar-refractivity contribution in [3.8, 4) is 0 Å². The molecule has 0 fully saturated rings. The van der Waals surface area contributed by atoms with Gasteiger partial charge in [-0.2, -0.15) is 13.2 Å². The zero-order valence-electron chi connectivity index (χ0n) is 8.23. The Morgan fingerprint density at radius 1 is 1.12 bits per heavy atom. The Labute approximate surface area is 95.0 Å². The molecule has 0 saturated heterocycles. The summed E-state index contributed by atoms with van der Waals surface area (Å²) in [5.41, 5.74) is 1.02. The van der Waals surface area contributed by atoms with Crippen molar-refractivity contribution in [2.24, 2.45) is 0 Å². The monoisotopic (exact) mass is 251 g/mol. The number of aromatic nitrogens is 2. The summed E-state index contributed by atoms with van der Waals surface area (Å²) in [5.74, 6) is -1.15. The third kappa shape index (κ3) is 2.27. The van der Waals surface area contributed by atoms with Gasteiger partial charge in [0.05, 0.1) is 5.69 Å². The van der Waals surface area contributed by atoms with Gasteiger partial charge < -0.3 is 5.32 Å². The van der Waals surface area contributed by atoms with Gasteiger partial charge in [-0.3, -0.25) is 0 Å². The molecular weight excluding hydrogens is 243 g/mol. The van der Waals surface area contributed by atoms with Crippen LogP contribution in [0.3, 0.4) is 0 Å². The van der Waals surface area contributed by atoms with E-state index < -0.39 is 12.0 Å². The third-order valence-corrected chi connectivity index (χ3v) is 2.70. The Morgan fingerprint density at radius 3 is 2.50 bits per heavy atom. The van der Waals surface area contributed by atoms with Crippen LogP contribution in [-0.2, 0) is 19.0 Å². The van der Waals surface area contributed by atoms with Gasteiger partial charge in [0.25, 0.3) is 0 Å². The fourth-order valence-corrected chi connectivity index (χ4v) is 1.91. The van der Waals surface area contributed by atoms with Gasteiger partial charge in [0.2, 0.25) is 5.82 Å². The molecule has 0 amide bonds. The van der Waals surface area contributed by atoms with E-state index in [0.717, 1.165) is 0 Å². The standard InChI is InChI=1S/C9H9ClF3N3/c10-7-5-1-3-14-4-2-6(5)15-8(16-7)9(11,12)13/h14H,1-4H2. The number of nitrogens with zero attached hydrogens (tertiary/aromatic N) is 2. The molecule has 0 radical (unpaired) electrons. The second-order valence-electron chi connectivity index (χ2n) is 3.51. The Hall–Kier alpha value is -0.880. The molecule has 2 rings (SSSR count). The SMILES string of the molecule is FC(F)(F)c1nc(Cl)c2c(n1)CCNCC2. The highest BCUT2D eigenvalue weighted by Crippen LogP contribution is 2.29. The van der Waals surface area contributed by atoms with Gasteiger partial charge in [-0.05, 0) is 13.0 Å². The topological polar surface area (TPSA) is 37.8 Å². The molecule has 0 bridgehead atoms. The first kappa shape index (κ1) is 11.6. The molecule has 0 aliphatic carbocycles. The van der Waals surface area contributed by atoms with Crippen LogP contribution in [0.2, 0.25) is 5.15 Å². The lowest BCUT2D eigenvalue weighted by Gasteiger charge is -2.10. The lowest BCUT2D eigenvalue weighted by atomic mass is 10.1. The van der Waals surface area contributed by atoms with E-state index in [9.17, 15) is 13.2 Å². The number of hydrogen-bond acceptors (Lipinski definition) is 3. The van der Waals surface area contributed by atoms with Crippen molar-refractivity contribution < 1.29 is 13.2 Å². The van der Waals surface area contributed by atoms with E-state index in [4.69, 9.17) is 11.6 Å². The summed E-state index contributed by atoms with van der Waals surface area (Å²) in [6.07, 6.45) is -3.54. The van der Waals surface area contributed by atoms with Crippen LogP contribution in [0.25, 0.3) is 0 Å². The summed E-state index contributed by atoms with van der Waals surface area (Å²) >= 11 is 5.75. The molecule has 0 spiro atoms. The third-order valence-electron chi connectivity index (χ3n) is 2.39. The Kier molecular flexibility index (Phi) is 3.03. The highest BCUT2D eigenvalue weighted by molar-refractivity contribution is 6.30. The zero-order valence-corrected chi connectivity index (χ0v) is 8.99. The molecule has 0 aromatic carbocycles. The lowest BCUT2D eigenvalue weighted by Crippen LogP contribution is -2.16. The first-order valence-corrected chi connectivity index (χ1v) is 5.19. The molecule has 2 heterocycles. The van der Waals surface area contributed by atoms with Crippen LogP contribution in [0.1, 0.15) is 17.1 Å². The maximum Gasteiger partial charge on any atom is 0.451 e. The maximum absolute atomic E-state index is 12.4. The van der Waals surface area contributed by atoms with Gasteiger partial charge in [-0.25, -0.2) is 9.97 Å². The minimum atomic E-state index is -4.54. The van der Waals surface area contributed by atoms with Gasteiger partial charge >= 0.3 is 6.18 Å². The maximum atomic E-state index is 12.4. The van der Waals surface area contributed by atoms with Crippen molar-refractivity contribution in [3.05, 3.63) is 22.2 Å². The molecule has 1 N–H and O–H groups in total. The Morgan fingerprint density at radius 2 is 1.81 bits per heavy atom. The van der Waals surface area contributed by atoms with Crippen molar-refractivity contribution >= 4 is 11.6 Å². The van der Waals surface area contributed by atoms with Crippen LogP contribution in [0.15, 0.2) is 0 Å². The average molecular weight is 252 g/mol. The van der Waals surface area contributed by atoms with Gasteiger partial charge in [0.15, 0.2) is 0 Å².